The molecular weight excluding hydrogens is 859 g/mol. The number of benzene rings is 3. The van der Waals surface area contributed by atoms with Crippen molar-refractivity contribution in [3.05, 3.63) is 88.2 Å². The summed E-state index contributed by atoms with van der Waals surface area (Å²) in [5.41, 5.74) is 21.3. The number of aromatic hydroxyl groups is 1. The maximum Gasteiger partial charge on any atom is 0.255 e. The Labute approximate surface area is 390 Å². The van der Waals surface area contributed by atoms with E-state index >= 15 is 0 Å². The zero-order chi connectivity index (χ0) is 49.2. The van der Waals surface area contributed by atoms with Crippen molar-refractivity contribution in [3.63, 3.8) is 0 Å². The molecule has 67 heavy (non-hydrogen) atoms. The van der Waals surface area contributed by atoms with Crippen LogP contribution in [0.5, 0.6) is 17.2 Å². The molecule has 0 aliphatic carbocycles. The second kappa shape index (κ2) is 22.4. The molecular formula is C48H61N11O8. The third-order valence-electron chi connectivity index (χ3n) is 11.2. The largest absolute Gasteiger partial charge is 0.507 e. The highest BCUT2D eigenvalue weighted by Crippen LogP contribution is 2.40. The van der Waals surface area contributed by atoms with E-state index in [1.807, 2.05) is 32.9 Å². The van der Waals surface area contributed by atoms with E-state index in [9.17, 15) is 34.3 Å². The number of phenols is 1. The van der Waals surface area contributed by atoms with E-state index in [4.69, 9.17) is 26.7 Å². The summed E-state index contributed by atoms with van der Waals surface area (Å²) in [4.78, 5) is 80.9. The first-order chi connectivity index (χ1) is 31.8. The minimum absolute atomic E-state index is 0.00893. The molecule has 19 nitrogen and oxygen atoms in total. The Morgan fingerprint density at radius 1 is 0.896 bits per heavy atom. The Morgan fingerprint density at radius 2 is 1.52 bits per heavy atom. The third kappa shape index (κ3) is 12.2. The molecule has 0 spiro atoms. The van der Waals surface area contributed by atoms with Gasteiger partial charge in [0.15, 0.2) is 5.82 Å². The van der Waals surface area contributed by atoms with Crippen LogP contribution in [0.1, 0.15) is 78.6 Å². The highest BCUT2D eigenvalue weighted by molar-refractivity contribution is 6.00. The van der Waals surface area contributed by atoms with Crippen LogP contribution in [0.2, 0.25) is 0 Å². The van der Waals surface area contributed by atoms with Crippen LogP contribution in [0.25, 0.3) is 22.5 Å². The number of aromatic nitrogens is 2. The number of nitrogens with zero attached hydrogens (tertiary/aromatic N) is 4. The smallest absolute Gasteiger partial charge is 0.255 e. The minimum atomic E-state index is -1.43. The number of hydrogen-bond donors (Lipinski definition) is 8. The van der Waals surface area contributed by atoms with Crippen molar-refractivity contribution in [1.29, 1.82) is 5.26 Å². The van der Waals surface area contributed by atoms with E-state index in [0.29, 0.717) is 39.3 Å². The van der Waals surface area contributed by atoms with Gasteiger partial charge in [0.2, 0.25) is 23.6 Å². The molecule has 2 heterocycles. The van der Waals surface area contributed by atoms with Crippen molar-refractivity contribution < 1.29 is 38.6 Å². The first-order valence-corrected chi connectivity index (χ1v) is 22.0. The van der Waals surface area contributed by atoms with Crippen molar-refractivity contribution in [2.24, 2.45) is 17.2 Å². The van der Waals surface area contributed by atoms with Crippen LogP contribution in [0, 0.1) is 25.2 Å². The van der Waals surface area contributed by atoms with Crippen molar-refractivity contribution in [2.75, 3.05) is 46.4 Å². The number of fused-ring (bicyclic) bond motifs is 5. The first kappa shape index (κ1) is 50.9. The van der Waals surface area contributed by atoms with Gasteiger partial charge in [-0.2, -0.15) is 5.26 Å². The third-order valence-corrected chi connectivity index (χ3v) is 11.2. The van der Waals surface area contributed by atoms with Crippen LogP contribution in [-0.2, 0) is 31.0 Å². The number of nitrogens with two attached hydrogens (primary N) is 3. The van der Waals surface area contributed by atoms with Gasteiger partial charge in [-0.25, -0.2) is 9.97 Å². The molecule has 0 fully saturated rings. The molecule has 356 valence electrons. The highest BCUT2D eigenvalue weighted by Gasteiger charge is 2.36. The SMILES string of the molecule is Cc1nc(-c2ccc(C(C)(C)C)cc2O)nc(C)c1C(=O)NC(CCN)C(=O)N(C)[C@@H]1C(=O)N[C@@H](C)C(=O)N[C@H](C(=O)NCC#N)Cc2ccc(OCCN)c(c2)-c2cc1ccc2OCCN. The topological polar surface area (TPSA) is 303 Å². The van der Waals surface area contributed by atoms with Crippen LogP contribution in [0.3, 0.4) is 0 Å². The summed E-state index contributed by atoms with van der Waals surface area (Å²) in [6.07, 6.45) is -0.0426. The number of carbonyl (C=O) groups excluding carboxylic acids is 5. The number of rotatable bonds is 15. The van der Waals surface area contributed by atoms with Crippen LogP contribution in [-0.4, -0.2) is 114 Å². The number of phenolic OH excluding ortho intramolecular Hbond substituents is 1. The fourth-order valence-corrected chi connectivity index (χ4v) is 7.71. The predicted molar refractivity (Wildman–Crippen MR) is 251 cm³/mol. The number of nitrogens with one attached hydrogen (secondary N) is 4. The summed E-state index contributed by atoms with van der Waals surface area (Å²) in [6, 6.07) is 12.1. The molecule has 5 rings (SSSR count). The van der Waals surface area contributed by atoms with Crippen LogP contribution in [0.4, 0.5) is 0 Å². The summed E-state index contributed by atoms with van der Waals surface area (Å²) in [5, 5.41) is 30.8. The molecule has 11 N–H and O–H groups in total. The second-order valence-electron chi connectivity index (χ2n) is 17.3. The average molecular weight is 920 g/mol. The molecule has 4 atom stereocenters. The second-order valence-corrected chi connectivity index (χ2v) is 17.3. The monoisotopic (exact) mass is 919 g/mol. The number of ether oxygens (including phenoxy) is 2. The van der Waals surface area contributed by atoms with Gasteiger partial charge in [-0.3, -0.25) is 24.0 Å². The van der Waals surface area contributed by atoms with Gasteiger partial charge >= 0.3 is 0 Å². The van der Waals surface area contributed by atoms with E-state index in [1.54, 1.807) is 62.4 Å². The van der Waals surface area contributed by atoms with Gasteiger partial charge < -0.3 is 57.9 Å². The van der Waals surface area contributed by atoms with E-state index in [1.165, 1.54) is 14.0 Å². The number of nitriles is 1. The molecule has 0 saturated carbocycles. The molecule has 0 saturated heterocycles. The van der Waals surface area contributed by atoms with E-state index in [0.717, 1.165) is 10.5 Å². The predicted octanol–water partition coefficient (Wildman–Crippen LogP) is 1.94. The quantitative estimate of drug-likeness (QED) is 0.0791. The fraction of sp³-hybridized carbons (Fsp3) is 0.417. The Morgan fingerprint density at radius 3 is 2.10 bits per heavy atom. The molecule has 1 unspecified atom stereocenters. The van der Waals surface area contributed by atoms with Gasteiger partial charge in [0.1, 0.15) is 61.2 Å². The average Bonchev–Trinajstić information content (AvgIpc) is 3.28. The zero-order valence-electron chi connectivity index (χ0n) is 39.0. The Balaban J connectivity index is 1.58. The molecule has 4 bridgehead atoms. The highest BCUT2D eigenvalue weighted by atomic mass is 16.5. The van der Waals surface area contributed by atoms with Crippen molar-refractivity contribution in [3.8, 4) is 45.8 Å². The lowest BCUT2D eigenvalue weighted by Crippen LogP contribution is -2.56. The number of carbonyl (C=O) groups is 5. The maximum absolute atomic E-state index is 14.7. The molecule has 1 aliphatic heterocycles. The zero-order valence-corrected chi connectivity index (χ0v) is 39.0. The fourth-order valence-electron chi connectivity index (χ4n) is 7.71. The number of hydrogen-bond acceptors (Lipinski definition) is 14. The van der Waals surface area contributed by atoms with E-state index < -0.39 is 53.7 Å². The van der Waals surface area contributed by atoms with E-state index in [-0.39, 0.29) is 86.2 Å². The van der Waals surface area contributed by atoms with Gasteiger partial charge in [-0.15, -0.1) is 0 Å². The number of aryl methyl sites for hydroxylation is 2. The molecule has 1 aromatic heterocycles. The summed E-state index contributed by atoms with van der Waals surface area (Å²) in [6.45, 7) is 11.0. The number of likely N-dealkylation sites (N-methyl/N-ethyl adjacent to an activating group) is 1. The molecule has 4 aromatic rings. The minimum Gasteiger partial charge on any atom is -0.507 e. The van der Waals surface area contributed by atoms with Gasteiger partial charge in [0, 0.05) is 37.7 Å². The number of amides is 5. The Hall–Kier alpha value is -7.14. The van der Waals surface area contributed by atoms with Gasteiger partial charge in [-0.05, 0) is 92.2 Å². The molecule has 0 radical (unpaired) electrons. The first-order valence-electron chi connectivity index (χ1n) is 22.0. The maximum atomic E-state index is 14.7. The Kier molecular flexibility index (Phi) is 17.0. The van der Waals surface area contributed by atoms with Crippen molar-refractivity contribution in [1.82, 2.24) is 36.1 Å². The Bertz CT molecular complexity index is 2510. The molecule has 3 aromatic carbocycles. The summed E-state index contributed by atoms with van der Waals surface area (Å²) < 4.78 is 12.2. The van der Waals surface area contributed by atoms with Gasteiger partial charge in [-0.1, -0.05) is 39.0 Å². The lowest BCUT2D eigenvalue weighted by atomic mass is 9.86. The van der Waals surface area contributed by atoms with Crippen LogP contribution < -0.4 is 47.9 Å². The molecule has 5 amide bonds. The lowest BCUT2D eigenvalue weighted by Gasteiger charge is -2.32. The summed E-state index contributed by atoms with van der Waals surface area (Å²) >= 11 is 0. The summed E-state index contributed by atoms with van der Waals surface area (Å²) in [7, 11) is 1.40. The molecule has 19 heteroatoms. The lowest BCUT2D eigenvalue weighted by molar-refractivity contribution is -0.141. The van der Waals surface area contributed by atoms with Gasteiger partial charge in [0.05, 0.1) is 28.6 Å². The van der Waals surface area contributed by atoms with E-state index in [2.05, 4.69) is 31.2 Å². The van der Waals surface area contributed by atoms with Crippen LogP contribution >= 0.6 is 0 Å². The van der Waals surface area contributed by atoms with Crippen molar-refractivity contribution in [2.45, 2.75) is 84.0 Å². The van der Waals surface area contributed by atoms with Gasteiger partial charge in [0.25, 0.3) is 5.91 Å². The standard InChI is InChI=1S/C48H61N11O8/c1-26-40(27(2)55-42(54-26)32-11-10-31(25-37(32)60)48(4,5)6)45(63)57-35(14-15-49)47(65)59(7)41-30-9-13-39(67-21-18-52)34(24-30)33-22-29(8-12-38(33)66-20-17-51)23-36(44(62)53-19-16-50)58-43(61)28(3)56-46(41)64/h8-13,22,24-25,28,35-36,41,60H,14-15,17-21,23,49,51-52H2,1-7H3,(H,53,62)(H,56,64)(H,57,63)(H,58,61)/t28-,35?,36-,41-/m0/s1. The molecule has 1 aliphatic rings. The summed E-state index contributed by atoms with van der Waals surface area (Å²) in [5.74, 6) is -2.54. The normalized spacial score (nSPS) is 16.6. The van der Waals surface area contributed by atoms with Crippen LogP contribution in [0.15, 0.2) is 54.6 Å². The van der Waals surface area contributed by atoms with Crippen molar-refractivity contribution >= 4 is 29.5 Å².